The topological polar surface area (TPSA) is 101 Å². The molecule has 0 N–H and O–H groups in total. The molecule has 0 spiro atoms. The molecule has 10 heteroatoms. The Morgan fingerprint density at radius 2 is 1.76 bits per heavy atom. The van der Waals surface area contributed by atoms with E-state index in [4.69, 9.17) is 4.74 Å². The summed E-state index contributed by atoms with van der Waals surface area (Å²) in [5.74, 6) is -0.211. The fraction of sp³-hybridized carbons (Fsp3) is 0.632. The van der Waals surface area contributed by atoms with Crippen molar-refractivity contribution in [1.29, 1.82) is 0 Å². The van der Waals surface area contributed by atoms with E-state index in [1.807, 2.05) is 0 Å². The van der Waals surface area contributed by atoms with Crippen molar-refractivity contribution in [3.05, 3.63) is 23.8 Å². The zero-order chi connectivity index (χ0) is 21.4. The van der Waals surface area contributed by atoms with Crippen molar-refractivity contribution in [2.75, 3.05) is 33.5 Å². The van der Waals surface area contributed by atoms with E-state index in [0.717, 1.165) is 19.3 Å². The van der Waals surface area contributed by atoms with Crippen LogP contribution in [0.25, 0.3) is 0 Å². The molecule has 1 saturated carbocycles. The highest BCUT2D eigenvalue weighted by Crippen LogP contribution is 2.32. The molecule has 1 saturated heterocycles. The molecule has 162 valence electrons. The number of methoxy groups -OCH3 is 1. The normalized spacial score (nSPS) is 23.3. The van der Waals surface area contributed by atoms with E-state index < -0.39 is 37.1 Å². The van der Waals surface area contributed by atoms with Crippen LogP contribution in [0.15, 0.2) is 23.1 Å². The number of sulfone groups is 1. The molecule has 1 aliphatic heterocycles. The molecular formula is C19H28N2O6S2. The molecule has 1 amide bonds. The lowest BCUT2D eigenvalue weighted by Gasteiger charge is -2.29. The summed E-state index contributed by atoms with van der Waals surface area (Å²) in [6.45, 7) is 0.892. The second-order valence-electron chi connectivity index (χ2n) is 7.76. The summed E-state index contributed by atoms with van der Waals surface area (Å²) in [5, 5.41) is -0.595. The van der Waals surface area contributed by atoms with Gasteiger partial charge in [0.1, 0.15) is 10.6 Å². The number of carbonyl (C=O) groups is 1. The maximum absolute atomic E-state index is 13.1. The maximum Gasteiger partial charge on any atom is 0.253 e. The van der Waals surface area contributed by atoms with E-state index in [0.29, 0.717) is 25.9 Å². The van der Waals surface area contributed by atoms with E-state index in [1.54, 1.807) is 7.05 Å². The minimum Gasteiger partial charge on any atom is -0.495 e. The van der Waals surface area contributed by atoms with Gasteiger partial charge in [0.15, 0.2) is 9.84 Å². The smallest absolute Gasteiger partial charge is 0.253 e. The van der Waals surface area contributed by atoms with Crippen molar-refractivity contribution in [3.8, 4) is 5.75 Å². The fourth-order valence-corrected chi connectivity index (χ4v) is 7.46. The van der Waals surface area contributed by atoms with Gasteiger partial charge in [-0.3, -0.25) is 4.79 Å². The molecule has 1 aliphatic carbocycles. The van der Waals surface area contributed by atoms with Crippen LogP contribution >= 0.6 is 0 Å². The van der Waals surface area contributed by atoms with Gasteiger partial charge in [0.05, 0.1) is 12.4 Å². The number of nitrogens with zero attached hydrogens (tertiary/aromatic N) is 2. The van der Waals surface area contributed by atoms with Gasteiger partial charge in [-0.15, -0.1) is 0 Å². The number of amides is 1. The molecule has 0 bridgehead atoms. The van der Waals surface area contributed by atoms with Crippen LogP contribution < -0.4 is 4.74 Å². The Labute approximate surface area is 172 Å². The number of hydrogen-bond acceptors (Lipinski definition) is 6. The summed E-state index contributed by atoms with van der Waals surface area (Å²) in [4.78, 5) is 14.5. The van der Waals surface area contributed by atoms with Crippen molar-refractivity contribution in [3.63, 3.8) is 0 Å². The quantitative estimate of drug-likeness (QED) is 0.659. The van der Waals surface area contributed by atoms with Gasteiger partial charge >= 0.3 is 0 Å². The molecule has 2 atom stereocenters. The molecule has 1 heterocycles. The summed E-state index contributed by atoms with van der Waals surface area (Å²) in [5.41, 5.74) is 0.199. The first kappa shape index (κ1) is 22.0. The van der Waals surface area contributed by atoms with Gasteiger partial charge in [0.25, 0.3) is 5.91 Å². The van der Waals surface area contributed by atoms with E-state index in [-0.39, 0.29) is 16.2 Å². The lowest BCUT2D eigenvalue weighted by Crippen LogP contribution is -2.44. The summed E-state index contributed by atoms with van der Waals surface area (Å²) in [7, 11) is -4.09. The molecule has 2 aliphatic rings. The first-order chi connectivity index (χ1) is 13.6. The Morgan fingerprint density at radius 1 is 1.10 bits per heavy atom. The van der Waals surface area contributed by atoms with Gasteiger partial charge in [-0.25, -0.2) is 16.8 Å². The molecule has 29 heavy (non-hydrogen) atoms. The molecule has 2 unspecified atom stereocenters. The molecule has 1 aromatic carbocycles. The van der Waals surface area contributed by atoms with Crippen LogP contribution in [0, 0.1) is 0 Å². The third kappa shape index (κ3) is 4.29. The summed E-state index contributed by atoms with van der Waals surface area (Å²) in [6, 6.07) is 3.92. The number of sulfonamides is 1. The predicted octanol–water partition coefficient (Wildman–Crippen LogP) is 1.52. The minimum absolute atomic E-state index is 0.0350. The average Bonchev–Trinajstić information content (AvgIpc) is 3.37. The van der Waals surface area contributed by atoms with Gasteiger partial charge in [-0.1, -0.05) is 0 Å². The highest BCUT2D eigenvalue weighted by molar-refractivity contribution is 7.91. The second-order valence-corrected chi connectivity index (χ2v) is 11.9. The number of ether oxygens (including phenoxy) is 1. The van der Waals surface area contributed by atoms with Crippen LogP contribution in [0.4, 0.5) is 0 Å². The van der Waals surface area contributed by atoms with Gasteiger partial charge in [-0.2, -0.15) is 4.31 Å². The number of benzene rings is 1. The van der Waals surface area contributed by atoms with Gasteiger partial charge in [0.2, 0.25) is 10.0 Å². The third-order valence-corrected chi connectivity index (χ3v) is 9.45. The third-order valence-electron chi connectivity index (χ3n) is 5.88. The number of hydrogen-bond donors (Lipinski definition) is 0. The van der Waals surface area contributed by atoms with Gasteiger partial charge < -0.3 is 9.64 Å². The van der Waals surface area contributed by atoms with Crippen molar-refractivity contribution < 1.29 is 26.4 Å². The molecule has 0 radical (unpaired) electrons. The monoisotopic (exact) mass is 444 g/mol. The first-order valence-electron chi connectivity index (χ1n) is 9.71. The zero-order valence-electron chi connectivity index (χ0n) is 17.0. The minimum atomic E-state index is -3.77. The van der Waals surface area contributed by atoms with Crippen LogP contribution in [0.2, 0.25) is 0 Å². The maximum atomic E-state index is 13.1. The van der Waals surface area contributed by atoms with Crippen molar-refractivity contribution >= 4 is 25.8 Å². The first-order valence-corrected chi connectivity index (χ1v) is 13.1. The average molecular weight is 445 g/mol. The lowest BCUT2D eigenvalue weighted by molar-refractivity contribution is 0.0737. The molecule has 8 nitrogen and oxygen atoms in total. The Bertz CT molecular complexity index is 984. The van der Waals surface area contributed by atoms with E-state index in [1.165, 1.54) is 40.8 Å². The number of carbonyl (C=O) groups excluding carboxylic acids is 1. The highest BCUT2D eigenvalue weighted by Gasteiger charge is 2.39. The molecule has 3 rings (SSSR count). The van der Waals surface area contributed by atoms with Gasteiger partial charge in [0, 0.05) is 38.0 Å². The lowest BCUT2D eigenvalue weighted by atomic mass is 10.1. The molecule has 0 aromatic heterocycles. The SMILES string of the molecule is COc1ccc(C(=O)N(C)C2CCCC2S(C)(=O)=O)cc1S(=O)(=O)N1CCCC1. The Morgan fingerprint density at radius 3 is 2.34 bits per heavy atom. The largest absolute Gasteiger partial charge is 0.495 e. The predicted molar refractivity (Wildman–Crippen MR) is 109 cm³/mol. The molecular weight excluding hydrogens is 416 g/mol. The van der Waals surface area contributed by atoms with Crippen molar-refractivity contribution in [2.24, 2.45) is 0 Å². The Hall–Kier alpha value is -1.65. The van der Waals surface area contributed by atoms with Crippen LogP contribution in [0.1, 0.15) is 42.5 Å². The summed E-state index contributed by atoms with van der Waals surface area (Å²) in [6.07, 6.45) is 4.67. The van der Waals surface area contributed by atoms with Crippen LogP contribution in [0.3, 0.4) is 0 Å². The molecule has 1 aromatic rings. The zero-order valence-corrected chi connectivity index (χ0v) is 18.6. The Balaban J connectivity index is 1.94. The van der Waals surface area contributed by atoms with Crippen LogP contribution in [-0.4, -0.2) is 76.7 Å². The molecule has 2 fully saturated rings. The van der Waals surface area contributed by atoms with Crippen LogP contribution in [-0.2, 0) is 19.9 Å². The second kappa shape index (κ2) is 8.23. The summed E-state index contributed by atoms with van der Waals surface area (Å²) >= 11 is 0. The number of rotatable bonds is 6. The fourth-order valence-electron chi connectivity index (χ4n) is 4.28. The van der Waals surface area contributed by atoms with E-state index in [2.05, 4.69) is 0 Å². The van der Waals surface area contributed by atoms with Crippen molar-refractivity contribution in [2.45, 2.75) is 48.3 Å². The standard InChI is InChI=1S/C19H28N2O6S2/c1-20(15-7-6-8-17(15)28(3,23)24)19(22)14-9-10-16(27-2)18(13-14)29(25,26)21-11-4-5-12-21/h9-10,13,15,17H,4-8,11-12H2,1-3H3. The Kier molecular flexibility index (Phi) is 6.26. The van der Waals surface area contributed by atoms with E-state index in [9.17, 15) is 21.6 Å². The van der Waals surface area contributed by atoms with Gasteiger partial charge in [-0.05, 0) is 50.3 Å². The van der Waals surface area contributed by atoms with Crippen LogP contribution in [0.5, 0.6) is 5.75 Å². The van der Waals surface area contributed by atoms with E-state index >= 15 is 0 Å². The van der Waals surface area contributed by atoms with Crippen molar-refractivity contribution in [1.82, 2.24) is 9.21 Å². The highest BCUT2D eigenvalue weighted by atomic mass is 32.2. The summed E-state index contributed by atoms with van der Waals surface area (Å²) < 4.78 is 56.9.